The van der Waals surface area contributed by atoms with Crippen molar-refractivity contribution in [2.75, 3.05) is 36.1 Å². The van der Waals surface area contributed by atoms with Crippen molar-refractivity contribution in [2.45, 2.75) is 32.2 Å². The lowest BCUT2D eigenvalue weighted by molar-refractivity contribution is -0.145. The van der Waals surface area contributed by atoms with Crippen molar-refractivity contribution >= 4 is 68.3 Å². The summed E-state index contributed by atoms with van der Waals surface area (Å²) in [5, 5.41) is 7.72. The molecule has 1 fully saturated rings. The van der Waals surface area contributed by atoms with Crippen LogP contribution >= 0.6 is 28.4 Å². The van der Waals surface area contributed by atoms with Gasteiger partial charge in [0.15, 0.2) is 0 Å². The third-order valence-corrected chi connectivity index (χ3v) is 7.96. The van der Waals surface area contributed by atoms with Gasteiger partial charge in [0.05, 0.1) is 35.9 Å². The Hall–Kier alpha value is -2.46. The van der Waals surface area contributed by atoms with Crippen molar-refractivity contribution < 1.29 is 9.59 Å². The highest BCUT2D eigenvalue weighted by Gasteiger charge is 2.32. The van der Waals surface area contributed by atoms with Crippen LogP contribution in [0.25, 0.3) is 10.9 Å². The number of pyridine rings is 1. The molecule has 3 heterocycles. The number of rotatable bonds is 5. The van der Waals surface area contributed by atoms with Gasteiger partial charge < -0.3 is 20.9 Å². The molecule has 9 nitrogen and oxygen atoms in total. The van der Waals surface area contributed by atoms with E-state index in [0.29, 0.717) is 35.3 Å². The Bertz CT molecular complexity index is 1180. The van der Waals surface area contributed by atoms with E-state index in [9.17, 15) is 9.59 Å². The molecule has 0 bridgehead atoms. The molecule has 11 heteroatoms. The zero-order valence-electron chi connectivity index (χ0n) is 18.6. The first-order valence-electron chi connectivity index (χ1n) is 10.9. The number of aromatic nitrogens is 3. The molecule has 1 aliphatic rings. The fourth-order valence-corrected chi connectivity index (χ4v) is 5.72. The summed E-state index contributed by atoms with van der Waals surface area (Å²) in [6, 6.07) is 8.09. The maximum atomic E-state index is 13.3. The number of anilines is 3. The average Bonchev–Trinajstić information content (AvgIpc) is 3.30. The number of nitrogen functional groups attached to an aromatic ring is 1. The highest BCUT2D eigenvalue weighted by molar-refractivity contribution is 14.2. The molecule has 0 aliphatic carbocycles. The summed E-state index contributed by atoms with van der Waals surface area (Å²) < 4.78 is 1.74. The lowest BCUT2D eigenvalue weighted by Gasteiger charge is -2.36. The Morgan fingerprint density at radius 1 is 1.33 bits per heavy atom. The molecule has 174 valence electrons. The fourth-order valence-electron chi connectivity index (χ4n) is 4.19. The molecular formula is C22H27IN7O2P. The maximum Gasteiger partial charge on any atom is 0.314 e. The normalized spacial score (nSPS) is 16.5. The second-order valence-corrected chi connectivity index (χ2v) is 10.1. The van der Waals surface area contributed by atoms with Gasteiger partial charge >= 0.3 is 11.8 Å². The van der Waals surface area contributed by atoms with Crippen LogP contribution in [0, 0.1) is 0 Å². The SMILES string of the molecule is CCN(C)c1cccc(C2CCCCN2C(=O)C(=O)Nc2cnc(N)c3cnn(PI)c23)c1. The minimum absolute atomic E-state index is 0.131. The summed E-state index contributed by atoms with van der Waals surface area (Å²) in [4.78, 5) is 34.4. The van der Waals surface area contributed by atoms with E-state index in [2.05, 4.69) is 61.4 Å². The highest BCUT2D eigenvalue weighted by atomic mass is 127. The number of nitrogens with zero attached hydrogens (tertiary/aromatic N) is 5. The van der Waals surface area contributed by atoms with Crippen LogP contribution in [0.4, 0.5) is 17.2 Å². The van der Waals surface area contributed by atoms with Gasteiger partial charge in [0.2, 0.25) is 0 Å². The van der Waals surface area contributed by atoms with Crippen LogP contribution in [0.1, 0.15) is 37.8 Å². The molecule has 0 spiro atoms. The molecule has 2 atom stereocenters. The highest BCUT2D eigenvalue weighted by Crippen LogP contribution is 2.35. The number of carbonyl (C=O) groups excluding carboxylic acids is 2. The fraction of sp³-hybridized carbons (Fsp3) is 0.364. The third kappa shape index (κ3) is 4.77. The zero-order chi connectivity index (χ0) is 23.5. The number of hydrogen-bond acceptors (Lipinski definition) is 6. The Morgan fingerprint density at radius 2 is 2.15 bits per heavy atom. The summed E-state index contributed by atoms with van der Waals surface area (Å²) in [6.45, 7) is 3.53. The van der Waals surface area contributed by atoms with E-state index in [0.717, 1.165) is 37.1 Å². The lowest BCUT2D eigenvalue weighted by atomic mass is 9.94. The molecule has 0 saturated carbocycles. The van der Waals surface area contributed by atoms with Gasteiger partial charge in [0, 0.05) is 25.8 Å². The van der Waals surface area contributed by atoms with Gasteiger partial charge in [0.1, 0.15) is 11.3 Å². The summed E-state index contributed by atoms with van der Waals surface area (Å²) in [5.41, 5.74) is 9.22. The minimum Gasteiger partial charge on any atom is -0.383 e. The smallest absolute Gasteiger partial charge is 0.314 e. The predicted octanol–water partition coefficient (Wildman–Crippen LogP) is 3.95. The number of nitrogens with two attached hydrogens (primary N) is 1. The van der Waals surface area contributed by atoms with Crippen LogP contribution in [0.2, 0.25) is 0 Å². The molecule has 3 aromatic rings. The van der Waals surface area contributed by atoms with Gasteiger partial charge in [-0.1, -0.05) is 12.1 Å². The van der Waals surface area contributed by atoms with Gasteiger partial charge in [-0.3, -0.25) is 9.59 Å². The molecule has 0 radical (unpaired) electrons. The number of halogens is 1. The van der Waals surface area contributed by atoms with Gasteiger partial charge in [-0.25, -0.2) is 9.44 Å². The summed E-state index contributed by atoms with van der Waals surface area (Å²) in [5.74, 6) is -0.883. The Labute approximate surface area is 207 Å². The minimum atomic E-state index is -0.679. The monoisotopic (exact) mass is 579 g/mol. The number of carbonyl (C=O) groups is 2. The number of fused-ring (bicyclic) bond motifs is 1. The van der Waals surface area contributed by atoms with Crippen LogP contribution in [0.5, 0.6) is 0 Å². The van der Waals surface area contributed by atoms with E-state index in [-0.39, 0.29) is 6.04 Å². The molecule has 3 N–H and O–H groups in total. The summed E-state index contributed by atoms with van der Waals surface area (Å²) in [7, 11) is 2.04. The maximum absolute atomic E-state index is 13.3. The Kier molecular flexibility index (Phi) is 7.33. The van der Waals surface area contributed by atoms with E-state index >= 15 is 0 Å². The largest absolute Gasteiger partial charge is 0.383 e. The summed E-state index contributed by atoms with van der Waals surface area (Å²) >= 11 is 2.20. The van der Waals surface area contributed by atoms with Crippen LogP contribution < -0.4 is 16.0 Å². The van der Waals surface area contributed by atoms with Crippen LogP contribution in [-0.4, -0.2) is 51.4 Å². The van der Waals surface area contributed by atoms with E-state index < -0.39 is 11.8 Å². The first-order chi connectivity index (χ1) is 15.9. The van der Waals surface area contributed by atoms with Crippen molar-refractivity contribution in [3.8, 4) is 0 Å². The van der Waals surface area contributed by atoms with E-state index in [1.54, 1.807) is 15.5 Å². The number of nitrogens with one attached hydrogen (secondary N) is 1. The molecule has 2 aromatic heterocycles. The molecule has 4 rings (SSSR count). The second kappa shape index (κ2) is 10.2. The van der Waals surface area contributed by atoms with Crippen LogP contribution in [-0.2, 0) is 9.59 Å². The summed E-state index contributed by atoms with van der Waals surface area (Å²) in [6.07, 6.45) is 6.14. The standard InChI is InChI=1S/C22H27IN7O2P/c1-3-28(2)15-8-6-7-14(11-15)18-9-4-5-10-29(18)22(32)21(31)27-17-13-25-20(24)16-12-26-30(33-23)19(16)17/h6-8,11-13,18,33H,3-5,9-10H2,1-2H3,(H2,24,25)(H,27,31). The number of benzene rings is 1. The van der Waals surface area contributed by atoms with Crippen LogP contribution in [0.15, 0.2) is 36.7 Å². The molecule has 2 unspecified atom stereocenters. The van der Waals surface area contributed by atoms with Crippen molar-refractivity contribution in [3.05, 3.63) is 42.2 Å². The first-order valence-corrected chi connectivity index (χ1v) is 14.9. The Balaban J connectivity index is 1.59. The van der Waals surface area contributed by atoms with E-state index in [1.807, 2.05) is 19.2 Å². The van der Waals surface area contributed by atoms with Gasteiger partial charge in [0.25, 0.3) is 0 Å². The van der Waals surface area contributed by atoms with Crippen molar-refractivity contribution in [1.29, 1.82) is 0 Å². The molecule has 33 heavy (non-hydrogen) atoms. The second-order valence-electron chi connectivity index (χ2n) is 8.03. The van der Waals surface area contributed by atoms with Crippen molar-refractivity contribution in [2.24, 2.45) is 0 Å². The predicted molar refractivity (Wildman–Crippen MR) is 142 cm³/mol. The number of piperidine rings is 1. The van der Waals surface area contributed by atoms with E-state index in [4.69, 9.17) is 5.73 Å². The lowest BCUT2D eigenvalue weighted by Crippen LogP contribution is -2.44. The molecule has 1 saturated heterocycles. The number of hydrogen-bond donors (Lipinski definition) is 2. The topological polar surface area (TPSA) is 109 Å². The quantitative estimate of drug-likeness (QED) is 0.269. The van der Waals surface area contributed by atoms with Crippen LogP contribution in [0.3, 0.4) is 0 Å². The molecule has 1 aliphatic heterocycles. The first kappa shape index (κ1) is 23.7. The third-order valence-electron chi connectivity index (χ3n) is 6.09. The van der Waals surface area contributed by atoms with E-state index in [1.165, 1.54) is 6.20 Å². The van der Waals surface area contributed by atoms with Crippen molar-refractivity contribution in [1.82, 2.24) is 19.4 Å². The molecular weight excluding hydrogens is 552 g/mol. The average molecular weight is 579 g/mol. The van der Waals surface area contributed by atoms with Gasteiger partial charge in [-0.05, 0) is 65.9 Å². The molecule has 2 amide bonds. The van der Waals surface area contributed by atoms with Gasteiger partial charge in [-0.2, -0.15) is 5.10 Å². The number of amides is 2. The molecule has 1 aromatic carbocycles. The number of likely N-dealkylation sites (tertiary alicyclic amines) is 1. The van der Waals surface area contributed by atoms with Gasteiger partial charge in [-0.15, -0.1) is 0 Å². The zero-order valence-corrected chi connectivity index (χ0v) is 21.7. The Morgan fingerprint density at radius 3 is 2.91 bits per heavy atom. The van der Waals surface area contributed by atoms with Crippen molar-refractivity contribution in [3.63, 3.8) is 0 Å².